The van der Waals surface area contributed by atoms with Crippen LogP contribution in [-0.2, 0) is 5.41 Å². The molecule has 0 unspecified atom stereocenters. The Hall–Kier alpha value is -5.64. The van der Waals surface area contributed by atoms with Crippen molar-refractivity contribution in [2.24, 2.45) is 0 Å². The van der Waals surface area contributed by atoms with Gasteiger partial charge in [-0.3, -0.25) is 0 Å². The molecule has 0 aliphatic heterocycles. The van der Waals surface area contributed by atoms with E-state index >= 15 is 0 Å². The minimum Gasteiger partial charge on any atom is -0.478 e. The number of ether oxygens (including phenoxy) is 2. The molecule has 0 saturated heterocycles. The fraction of sp³-hybridized carbons (Fsp3) is 0.0968. The van der Waals surface area contributed by atoms with Gasteiger partial charge in [0.2, 0.25) is 0 Å². The Balaban J connectivity index is 1.73. The van der Waals surface area contributed by atoms with Crippen LogP contribution in [0.3, 0.4) is 0 Å². The maximum Gasteiger partial charge on any atom is 0.336 e. The van der Waals surface area contributed by atoms with Crippen molar-refractivity contribution in [3.8, 4) is 23.0 Å². The van der Waals surface area contributed by atoms with Gasteiger partial charge >= 0.3 is 23.9 Å². The molecule has 10 heteroatoms. The fourth-order valence-electron chi connectivity index (χ4n) is 4.44. The molecule has 208 valence electrons. The molecule has 4 rings (SSSR count). The van der Waals surface area contributed by atoms with Crippen molar-refractivity contribution < 1.29 is 49.1 Å². The van der Waals surface area contributed by atoms with Crippen LogP contribution in [0.4, 0.5) is 0 Å². The van der Waals surface area contributed by atoms with Gasteiger partial charge < -0.3 is 29.9 Å². The van der Waals surface area contributed by atoms with E-state index in [9.17, 15) is 39.6 Å². The molecule has 4 aromatic carbocycles. The molecule has 0 amide bonds. The first-order valence-corrected chi connectivity index (χ1v) is 12.2. The van der Waals surface area contributed by atoms with Gasteiger partial charge in [-0.2, -0.15) is 0 Å². The zero-order valence-corrected chi connectivity index (χ0v) is 21.8. The molecule has 0 heterocycles. The number of carboxylic acid groups (broad SMARTS) is 4. The molecule has 0 atom stereocenters. The predicted octanol–water partition coefficient (Wildman–Crippen LogP) is 6.39. The molecule has 0 aliphatic carbocycles. The lowest BCUT2D eigenvalue weighted by Gasteiger charge is -2.30. The minimum atomic E-state index is -1.41. The summed E-state index contributed by atoms with van der Waals surface area (Å²) in [6.07, 6.45) is 0. The van der Waals surface area contributed by atoms with E-state index in [4.69, 9.17) is 9.47 Å². The Morgan fingerprint density at radius 3 is 1.20 bits per heavy atom. The van der Waals surface area contributed by atoms with Crippen LogP contribution >= 0.6 is 0 Å². The first kappa shape index (κ1) is 28.4. The highest BCUT2D eigenvalue weighted by Gasteiger charge is 2.30. The van der Waals surface area contributed by atoms with Crippen molar-refractivity contribution in [2.45, 2.75) is 19.3 Å². The lowest BCUT2D eigenvalue weighted by Crippen LogP contribution is -2.20. The van der Waals surface area contributed by atoms with Crippen molar-refractivity contribution in [2.75, 3.05) is 0 Å². The van der Waals surface area contributed by atoms with Gasteiger partial charge in [0, 0.05) is 16.5 Å². The summed E-state index contributed by atoms with van der Waals surface area (Å²) in [5, 5.41) is 37.6. The average molecular weight is 557 g/mol. The molecule has 4 aromatic rings. The van der Waals surface area contributed by atoms with Crippen LogP contribution in [0.1, 0.15) is 66.4 Å². The van der Waals surface area contributed by atoms with E-state index in [1.165, 1.54) is 24.3 Å². The number of rotatable bonds is 10. The molecular weight excluding hydrogens is 532 g/mol. The second kappa shape index (κ2) is 11.2. The molecule has 0 fully saturated rings. The summed E-state index contributed by atoms with van der Waals surface area (Å²) in [6, 6.07) is 21.5. The Kier molecular flexibility index (Phi) is 7.77. The van der Waals surface area contributed by atoms with Gasteiger partial charge in [-0.15, -0.1) is 0 Å². The molecule has 0 aliphatic rings. The van der Waals surface area contributed by atoms with Gasteiger partial charge in [0.1, 0.15) is 23.0 Å². The maximum atomic E-state index is 11.6. The lowest BCUT2D eigenvalue weighted by molar-refractivity contribution is 0.0651. The second-order valence-corrected chi connectivity index (χ2v) is 9.46. The summed E-state index contributed by atoms with van der Waals surface area (Å²) in [5.41, 5.74) is -0.995. The third kappa shape index (κ3) is 5.86. The molecule has 0 aromatic heterocycles. The third-order valence-corrected chi connectivity index (χ3v) is 6.48. The highest BCUT2D eigenvalue weighted by molar-refractivity contribution is 6.02. The van der Waals surface area contributed by atoms with E-state index in [2.05, 4.69) is 0 Å². The molecule has 0 bridgehead atoms. The number of para-hydroxylation sites is 2. The van der Waals surface area contributed by atoms with Crippen molar-refractivity contribution in [1.29, 1.82) is 0 Å². The summed E-state index contributed by atoms with van der Waals surface area (Å²) in [7, 11) is 0. The van der Waals surface area contributed by atoms with Crippen molar-refractivity contribution >= 4 is 23.9 Å². The van der Waals surface area contributed by atoms with Gasteiger partial charge in [-0.05, 0) is 48.5 Å². The fourth-order valence-corrected chi connectivity index (χ4v) is 4.44. The first-order valence-electron chi connectivity index (χ1n) is 12.2. The zero-order valence-electron chi connectivity index (χ0n) is 21.8. The first-order chi connectivity index (χ1) is 19.4. The van der Waals surface area contributed by atoms with Gasteiger partial charge in [0.05, 0.1) is 22.3 Å². The van der Waals surface area contributed by atoms with Crippen LogP contribution in [0, 0.1) is 0 Å². The number of carboxylic acids is 4. The second-order valence-electron chi connectivity index (χ2n) is 9.46. The zero-order chi connectivity index (χ0) is 29.9. The number of hydrogen-bond donors (Lipinski definition) is 4. The molecule has 4 N–H and O–H groups in total. The van der Waals surface area contributed by atoms with Crippen molar-refractivity contribution in [1.82, 2.24) is 0 Å². The quantitative estimate of drug-likeness (QED) is 0.172. The summed E-state index contributed by atoms with van der Waals surface area (Å²) in [4.78, 5) is 46.1. The summed E-state index contributed by atoms with van der Waals surface area (Å²) < 4.78 is 12.1. The molecule has 0 spiro atoms. The van der Waals surface area contributed by atoms with Crippen molar-refractivity contribution in [3.05, 3.63) is 118 Å². The highest BCUT2D eigenvalue weighted by atomic mass is 16.5. The standard InChI is InChI=1S/C31H24O10/c1-31(2,23-7-3-5-9-25(23)40-17-11-13-19(27(32)33)21(15-17)29(36)37)24-8-4-6-10-26(24)41-18-12-14-20(28(34)35)22(16-18)30(38)39/h3-16H,1-2H3,(H,32,33)(H,34,35)(H,36,37)(H,38,39). The van der Waals surface area contributed by atoms with E-state index in [0.29, 0.717) is 22.6 Å². The highest BCUT2D eigenvalue weighted by Crippen LogP contribution is 2.43. The summed E-state index contributed by atoms with van der Waals surface area (Å²) in [6.45, 7) is 3.81. The Morgan fingerprint density at radius 2 is 0.854 bits per heavy atom. The smallest absolute Gasteiger partial charge is 0.336 e. The number of aromatic carboxylic acids is 4. The number of hydrogen-bond acceptors (Lipinski definition) is 6. The van der Waals surface area contributed by atoms with E-state index in [1.54, 1.807) is 36.4 Å². The van der Waals surface area contributed by atoms with Crippen molar-refractivity contribution in [3.63, 3.8) is 0 Å². The van der Waals surface area contributed by atoms with Crippen LogP contribution in [0.5, 0.6) is 23.0 Å². The van der Waals surface area contributed by atoms with Crippen LogP contribution in [0.25, 0.3) is 0 Å². The van der Waals surface area contributed by atoms with E-state index < -0.39 is 40.4 Å². The van der Waals surface area contributed by atoms with E-state index in [0.717, 1.165) is 12.1 Å². The number of carbonyl (C=O) groups is 4. The Morgan fingerprint density at radius 1 is 0.512 bits per heavy atom. The van der Waals surface area contributed by atoms with Crippen LogP contribution in [0.15, 0.2) is 84.9 Å². The molecule has 0 saturated carbocycles. The average Bonchev–Trinajstić information content (AvgIpc) is 2.93. The van der Waals surface area contributed by atoms with E-state index in [-0.39, 0.29) is 22.6 Å². The third-order valence-electron chi connectivity index (χ3n) is 6.48. The SMILES string of the molecule is CC(C)(c1ccccc1Oc1ccc(C(=O)O)c(C(=O)O)c1)c1ccccc1Oc1ccc(C(=O)O)c(C(=O)O)c1. The molecule has 10 nitrogen and oxygen atoms in total. The van der Waals surface area contributed by atoms with Crippen LogP contribution < -0.4 is 9.47 Å². The Bertz CT molecular complexity index is 1560. The largest absolute Gasteiger partial charge is 0.478 e. The summed E-state index contributed by atoms with van der Waals surface area (Å²) in [5.74, 6) is -4.55. The molecular formula is C31H24O10. The summed E-state index contributed by atoms with van der Waals surface area (Å²) >= 11 is 0. The predicted molar refractivity (Wildman–Crippen MR) is 146 cm³/mol. The maximum absolute atomic E-state index is 11.6. The monoisotopic (exact) mass is 556 g/mol. The normalized spacial score (nSPS) is 11.0. The molecule has 0 radical (unpaired) electrons. The number of benzene rings is 4. The van der Waals surface area contributed by atoms with Crippen LogP contribution in [0.2, 0.25) is 0 Å². The van der Waals surface area contributed by atoms with E-state index in [1.807, 2.05) is 26.0 Å². The van der Waals surface area contributed by atoms with Gasteiger partial charge in [-0.1, -0.05) is 50.2 Å². The Labute approximate surface area is 233 Å². The van der Waals surface area contributed by atoms with Gasteiger partial charge in [0.25, 0.3) is 0 Å². The van der Waals surface area contributed by atoms with Gasteiger partial charge in [0.15, 0.2) is 0 Å². The molecule has 41 heavy (non-hydrogen) atoms. The topological polar surface area (TPSA) is 168 Å². The van der Waals surface area contributed by atoms with Crippen LogP contribution in [-0.4, -0.2) is 44.3 Å². The lowest BCUT2D eigenvalue weighted by atomic mass is 9.77. The minimum absolute atomic E-state index is 0.125. The van der Waals surface area contributed by atoms with Gasteiger partial charge in [-0.25, -0.2) is 19.2 Å².